The molecule has 0 aromatic heterocycles. The van der Waals surface area contributed by atoms with E-state index < -0.39 is 0 Å². The average molecular weight is 337 g/mol. The number of amidine groups is 1. The maximum absolute atomic E-state index is 4.63. The summed E-state index contributed by atoms with van der Waals surface area (Å²) in [6.07, 6.45) is 4.51. The molecule has 0 bridgehead atoms. The van der Waals surface area contributed by atoms with E-state index in [-0.39, 0.29) is 0 Å². The highest BCUT2D eigenvalue weighted by molar-refractivity contribution is 8.13. The zero-order chi connectivity index (χ0) is 18.4. The summed E-state index contributed by atoms with van der Waals surface area (Å²) in [5, 5.41) is 4.04. The van der Waals surface area contributed by atoms with Crippen molar-refractivity contribution in [1.29, 1.82) is 0 Å². The van der Waals surface area contributed by atoms with Crippen LogP contribution in [0, 0.1) is 20.8 Å². The Kier molecular flexibility index (Phi) is 15.0. The molecule has 1 N–H and O–H groups in total. The number of benzene rings is 1. The lowest BCUT2D eigenvalue weighted by Crippen LogP contribution is -2.16. The fraction of sp³-hybridized carbons (Fsp3) is 0.550. The maximum atomic E-state index is 4.63. The molecular weight excluding hydrogens is 300 g/mol. The Bertz CT molecular complexity index is 489. The monoisotopic (exact) mass is 336 g/mol. The molecule has 3 heteroatoms. The topological polar surface area (TPSA) is 24.4 Å². The molecule has 23 heavy (non-hydrogen) atoms. The Morgan fingerprint density at radius 3 is 1.83 bits per heavy atom. The van der Waals surface area contributed by atoms with Gasteiger partial charge in [0, 0.05) is 5.70 Å². The van der Waals surface area contributed by atoms with Crippen LogP contribution < -0.4 is 5.32 Å². The van der Waals surface area contributed by atoms with Gasteiger partial charge in [-0.3, -0.25) is 0 Å². The van der Waals surface area contributed by atoms with E-state index >= 15 is 0 Å². The predicted molar refractivity (Wildman–Crippen MR) is 111 cm³/mol. The molecule has 1 rings (SSSR count). The van der Waals surface area contributed by atoms with Crippen molar-refractivity contribution < 1.29 is 0 Å². The van der Waals surface area contributed by atoms with Crippen LogP contribution in [0.2, 0.25) is 0 Å². The number of aryl methyl sites for hydroxylation is 3. The lowest BCUT2D eigenvalue weighted by atomic mass is 10.1. The largest absolute Gasteiger partial charge is 0.339 e. The second kappa shape index (κ2) is 14.4. The second-order valence-electron chi connectivity index (χ2n) is 5.66. The van der Waals surface area contributed by atoms with Crippen LogP contribution in [-0.4, -0.2) is 11.4 Å². The van der Waals surface area contributed by atoms with Crippen molar-refractivity contribution in [3.63, 3.8) is 0 Å². The molecule has 0 spiro atoms. The minimum atomic E-state index is 0.879. The molecule has 0 amide bonds. The molecule has 1 aromatic carbocycles. The molecule has 0 saturated heterocycles. The van der Waals surface area contributed by atoms with Crippen molar-refractivity contribution in [3.05, 3.63) is 41.1 Å². The predicted octanol–water partition coefficient (Wildman–Crippen LogP) is 6.92. The van der Waals surface area contributed by atoms with Gasteiger partial charge in [-0.05, 0) is 56.7 Å². The minimum absolute atomic E-state index is 0.879. The Morgan fingerprint density at radius 2 is 1.43 bits per heavy atom. The number of rotatable bonds is 2. The van der Waals surface area contributed by atoms with Gasteiger partial charge in [0.2, 0.25) is 0 Å². The number of aliphatic imine (C=N–C) groups is 1. The summed E-state index contributed by atoms with van der Waals surface area (Å²) in [6.45, 7) is 20.6. The summed E-state index contributed by atoms with van der Waals surface area (Å²) in [5.74, 6) is 0. The van der Waals surface area contributed by atoms with E-state index in [2.05, 4.69) is 77.5 Å². The Morgan fingerprint density at radius 1 is 1.00 bits per heavy atom. The van der Waals surface area contributed by atoms with E-state index in [1.54, 1.807) is 11.8 Å². The van der Waals surface area contributed by atoms with E-state index in [4.69, 9.17) is 0 Å². The van der Waals surface area contributed by atoms with Gasteiger partial charge in [0.25, 0.3) is 0 Å². The van der Waals surface area contributed by atoms with E-state index in [0.29, 0.717) is 0 Å². The van der Waals surface area contributed by atoms with Gasteiger partial charge in [0.15, 0.2) is 5.17 Å². The van der Waals surface area contributed by atoms with Crippen molar-refractivity contribution in [2.75, 3.05) is 6.26 Å². The average Bonchev–Trinajstić information content (AvgIpc) is 2.45. The van der Waals surface area contributed by atoms with Gasteiger partial charge in [-0.1, -0.05) is 64.9 Å². The van der Waals surface area contributed by atoms with Crippen LogP contribution in [0.1, 0.15) is 64.2 Å². The summed E-state index contributed by atoms with van der Waals surface area (Å²) in [7, 11) is 0. The third kappa shape index (κ3) is 11.9. The van der Waals surface area contributed by atoms with Gasteiger partial charge < -0.3 is 5.32 Å². The first-order valence-corrected chi connectivity index (χ1v) is 9.62. The third-order valence-corrected chi connectivity index (χ3v) is 3.13. The molecular formula is C20H36N2S. The SMILES string of the molecule is C=C(C)NC(=Nc1cc(C)c(C)cc1C)SC.CCC.CCC. The van der Waals surface area contributed by atoms with Crippen LogP contribution in [0.25, 0.3) is 0 Å². The van der Waals surface area contributed by atoms with Crippen LogP contribution in [0.3, 0.4) is 0 Å². The number of hydrogen-bond donors (Lipinski definition) is 1. The van der Waals surface area contributed by atoms with E-state index in [1.807, 2.05) is 13.2 Å². The van der Waals surface area contributed by atoms with Crippen LogP contribution in [0.5, 0.6) is 0 Å². The molecule has 1 aromatic rings. The number of hydrogen-bond acceptors (Lipinski definition) is 2. The molecule has 0 aliphatic heterocycles. The second-order valence-corrected chi connectivity index (χ2v) is 6.46. The molecule has 0 radical (unpaired) electrons. The minimum Gasteiger partial charge on any atom is -0.339 e. The Balaban J connectivity index is 0. The standard InChI is InChI=1S/C14H20N2S.2C3H8/c1-9(2)15-14(17-6)16-13-8-11(4)10(3)7-12(13)5;2*1-3-2/h7-8H,1H2,2-6H3,(H,15,16);2*3H2,1-2H3. The zero-order valence-corrected chi connectivity index (χ0v) is 17.4. The van der Waals surface area contributed by atoms with Crippen molar-refractivity contribution in [2.24, 2.45) is 4.99 Å². The highest BCUT2D eigenvalue weighted by atomic mass is 32.2. The van der Waals surface area contributed by atoms with Crippen molar-refractivity contribution in [2.45, 2.75) is 68.2 Å². The summed E-state index contributed by atoms with van der Waals surface area (Å²) in [5.41, 5.74) is 5.69. The molecule has 2 nitrogen and oxygen atoms in total. The molecule has 0 atom stereocenters. The molecule has 0 heterocycles. The number of nitrogens with zero attached hydrogens (tertiary/aromatic N) is 1. The van der Waals surface area contributed by atoms with Crippen LogP contribution in [-0.2, 0) is 0 Å². The summed E-state index contributed by atoms with van der Waals surface area (Å²) in [4.78, 5) is 4.63. The van der Waals surface area contributed by atoms with E-state index in [1.165, 1.54) is 29.5 Å². The normalized spacial score (nSPS) is 10.0. The number of nitrogens with one attached hydrogen (secondary N) is 1. The van der Waals surface area contributed by atoms with Gasteiger partial charge in [-0.25, -0.2) is 4.99 Å². The first-order valence-electron chi connectivity index (χ1n) is 8.40. The van der Waals surface area contributed by atoms with Crippen molar-refractivity contribution in [1.82, 2.24) is 5.32 Å². The summed E-state index contributed by atoms with van der Waals surface area (Å²) >= 11 is 1.59. The van der Waals surface area contributed by atoms with Gasteiger partial charge in [0.05, 0.1) is 5.69 Å². The van der Waals surface area contributed by atoms with E-state index in [9.17, 15) is 0 Å². The van der Waals surface area contributed by atoms with Gasteiger partial charge in [-0.15, -0.1) is 0 Å². The number of allylic oxidation sites excluding steroid dienone is 1. The molecule has 0 aliphatic rings. The molecule has 0 fully saturated rings. The Hall–Kier alpha value is -1.22. The molecule has 0 saturated carbocycles. The summed E-state index contributed by atoms with van der Waals surface area (Å²) in [6, 6.07) is 4.30. The number of thioether (sulfide) groups is 1. The van der Waals surface area contributed by atoms with Crippen LogP contribution in [0.15, 0.2) is 29.4 Å². The van der Waals surface area contributed by atoms with Crippen LogP contribution in [0.4, 0.5) is 5.69 Å². The van der Waals surface area contributed by atoms with Gasteiger partial charge >= 0.3 is 0 Å². The highest BCUT2D eigenvalue weighted by Crippen LogP contribution is 2.23. The lowest BCUT2D eigenvalue weighted by molar-refractivity contribution is 1.09. The molecule has 132 valence electrons. The van der Waals surface area contributed by atoms with Gasteiger partial charge in [-0.2, -0.15) is 0 Å². The lowest BCUT2D eigenvalue weighted by Gasteiger charge is -2.09. The smallest absolute Gasteiger partial charge is 0.165 e. The summed E-state index contributed by atoms with van der Waals surface area (Å²) < 4.78 is 0. The van der Waals surface area contributed by atoms with Gasteiger partial charge in [0.1, 0.15) is 0 Å². The fourth-order valence-corrected chi connectivity index (χ4v) is 1.95. The first-order chi connectivity index (χ1) is 10.8. The first kappa shape index (κ1) is 24.0. The highest BCUT2D eigenvalue weighted by Gasteiger charge is 2.03. The fourth-order valence-electron chi connectivity index (χ4n) is 1.48. The van der Waals surface area contributed by atoms with Crippen LogP contribution >= 0.6 is 11.8 Å². The van der Waals surface area contributed by atoms with Crippen molar-refractivity contribution in [3.8, 4) is 0 Å². The van der Waals surface area contributed by atoms with Crippen molar-refractivity contribution >= 4 is 22.6 Å². The maximum Gasteiger partial charge on any atom is 0.165 e. The Labute approximate surface area is 148 Å². The third-order valence-electron chi connectivity index (χ3n) is 2.55. The zero-order valence-electron chi connectivity index (χ0n) is 16.6. The molecule has 0 unspecified atom stereocenters. The molecule has 0 aliphatic carbocycles. The van der Waals surface area contributed by atoms with E-state index in [0.717, 1.165) is 16.6 Å². The quantitative estimate of drug-likeness (QED) is 0.468.